The topological polar surface area (TPSA) is 63.4 Å². The van der Waals surface area contributed by atoms with Gasteiger partial charge in [-0.15, -0.1) is 0 Å². The second kappa shape index (κ2) is 4.72. The first-order valence-electron chi connectivity index (χ1n) is 5.94. The Morgan fingerprint density at radius 3 is 2.53 bits per heavy atom. The molecule has 0 bridgehead atoms. The van der Waals surface area contributed by atoms with E-state index >= 15 is 0 Å². The number of benzene rings is 1. The summed E-state index contributed by atoms with van der Waals surface area (Å²) in [4.78, 5) is -0.708. The number of nitrogens with zero attached hydrogens (tertiary/aromatic N) is 1. The largest absolute Gasteiger partial charge is 0.399 e. The van der Waals surface area contributed by atoms with Gasteiger partial charge >= 0.3 is 0 Å². The predicted molar refractivity (Wildman–Crippen MR) is 67.9 cm³/mol. The summed E-state index contributed by atoms with van der Waals surface area (Å²) in [6.07, 6.45) is 0.952. The van der Waals surface area contributed by atoms with E-state index in [2.05, 4.69) is 0 Å². The summed E-state index contributed by atoms with van der Waals surface area (Å²) in [7, 11) is -2.69. The van der Waals surface area contributed by atoms with Gasteiger partial charge in [0.05, 0.1) is 0 Å². The Labute approximate surface area is 111 Å². The van der Waals surface area contributed by atoms with E-state index in [4.69, 9.17) is 5.73 Å². The Morgan fingerprint density at radius 2 is 2.00 bits per heavy atom. The first-order valence-corrected chi connectivity index (χ1v) is 7.38. The van der Waals surface area contributed by atoms with Gasteiger partial charge in [0.15, 0.2) is 11.6 Å². The molecule has 1 saturated carbocycles. The van der Waals surface area contributed by atoms with Gasteiger partial charge in [-0.2, -0.15) is 0 Å². The lowest BCUT2D eigenvalue weighted by molar-refractivity contribution is 0.433. The van der Waals surface area contributed by atoms with Gasteiger partial charge in [-0.25, -0.2) is 21.5 Å². The zero-order chi connectivity index (χ0) is 14.4. The van der Waals surface area contributed by atoms with Crippen LogP contribution in [-0.2, 0) is 10.0 Å². The number of nitrogen functional groups attached to an aromatic ring is 1. The molecule has 1 aromatic carbocycles. The molecule has 0 saturated heterocycles. The molecule has 0 heterocycles. The Bertz CT molecular complexity index is 604. The van der Waals surface area contributed by atoms with Crippen LogP contribution in [0.25, 0.3) is 0 Å². The third kappa shape index (κ3) is 2.71. The number of hydrogen-bond donors (Lipinski definition) is 1. The van der Waals surface area contributed by atoms with Crippen molar-refractivity contribution < 1.29 is 17.2 Å². The third-order valence-electron chi connectivity index (χ3n) is 3.47. The number of anilines is 1. The highest BCUT2D eigenvalue weighted by Gasteiger charge is 2.37. The van der Waals surface area contributed by atoms with E-state index in [-0.39, 0.29) is 11.6 Å². The number of rotatable bonds is 4. The van der Waals surface area contributed by atoms with Gasteiger partial charge in [-0.05, 0) is 30.4 Å². The average Bonchev–Trinajstić information content (AvgIpc) is 2.99. The van der Waals surface area contributed by atoms with E-state index < -0.39 is 26.6 Å². The summed E-state index contributed by atoms with van der Waals surface area (Å²) in [5.41, 5.74) is 5.25. The van der Waals surface area contributed by atoms with Crippen molar-refractivity contribution in [2.75, 3.05) is 19.3 Å². The Morgan fingerprint density at radius 1 is 1.42 bits per heavy atom. The standard InChI is InChI=1S/C12H16F2N2O2S/c1-7-3-8(7)6-16(2)19(17,18)11-5-9(15)4-10(13)12(11)14/h4-5,7-8H,3,6,15H2,1-2H3. The van der Waals surface area contributed by atoms with Crippen LogP contribution in [0.1, 0.15) is 13.3 Å². The molecule has 1 aliphatic carbocycles. The molecule has 19 heavy (non-hydrogen) atoms. The van der Waals surface area contributed by atoms with E-state index in [1.54, 1.807) is 0 Å². The molecule has 2 atom stereocenters. The molecule has 106 valence electrons. The fraction of sp³-hybridized carbons (Fsp3) is 0.500. The summed E-state index contributed by atoms with van der Waals surface area (Å²) < 4.78 is 52.3. The Balaban J connectivity index is 2.33. The van der Waals surface area contributed by atoms with Gasteiger partial charge in [0, 0.05) is 19.3 Å². The molecule has 0 aromatic heterocycles. The number of sulfonamides is 1. The van der Waals surface area contributed by atoms with E-state index in [0.29, 0.717) is 12.5 Å². The van der Waals surface area contributed by atoms with E-state index in [0.717, 1.165) is 22.9 Å². The van der Waals surface area contributed by atoms with Crippen molar-refractivity contribution >= 4 is 15.7 Å². The van der Waals surface area contributed by atoms with E-state index in [1.807, 2.05) is 6.92 Å². The summed E-state index contributed by atoms with van der Waals surface area (Å²) in [5.74, 6) is -1.88. The van der Waals surface area contributed by atoms with Crippen molar-refractivity contribution in [3.05, 3.63) is 23.8 Å². The van der Waals surface area contributed by atoms with Crippen molar-refractivity contribution in [1.82, 2.24) is 4.31 Å². The SMILES string of the molecule is CC1CC1CN(C)S(=O)(=O)c1cc(N)cc(F)c1F. The summed E-state index contributed by atoms with van der Waals surface area (Å²) in [5, 5.41) is 0. The molecule has 0 radical (unpaired) electrons. The maximum atomic E-state index is 13.6. The maximum absolute atomic E-state index is 13.6. The minimum Gasteiger partial charge on any atom is -0.399 e. The van der Waals surface area contributed by atoms with Crippen molar-refractivity contribution in [2.24, 2.45) is 11.8 Å². The molecule has 0 aliphatic heterocycles. The first-order chi connectivity index (χ1) is 8.73. The van der Waals surface area contributed by atoms with Crippen molar-refractivity contribution in [3.63, 3.8) is 0 Å². The monoisotopic (exact) mass is 290 g/mol. The van der Waals surface area contributed by atoms with Gasteiger partial charge in [-0.3, -0.25) is 0 Å². The van der Waals surface area contributed by atoms with Crippen LogP contribution in [0.2, 0.25) is 0 Å². The Hall–Kier alpha value is -1.21. The Kier molecular flexibility index (Phi) is 3.53. The van der Waals surface area contributed by atoms with E-state index in [9.17, 15) is 17.2 Å². The highest BCUT2D eigenvalue weighted by molar-refractivity contribution is 7.89. The molecular formula is C12H16F2N2O2S. The van der Waals surface area contributed by atoms with Gasteiger partial charge < -0.3 is 5.73 Å². The minimum absolute atomic E-state index is 0.120. The van der Waals surface area contributed by atoms with Crippen LogP contribution in [0, 0.1) is 23.5 Å². The van der Waals surface area contributed by atoms with Crippen LogP contribution in [0.15, 0.2) is 17.0 Å². The molecule has 2 rings (SSSR count). The fourth-order valence-electron chi connectivity index (χ4n) is 2.02. The zero-order valence-electron chi connectivity index (χ0n) is 10.7. The third-order valence-corrected chi connectivity index (χ3v) is 5.30. The zero-order valence-corrected chi connectivity index (χ0v) is 11.5. The van der Waals surface area contributed by atoms with Crippen molar-refractivity contribution in [3.8, 4) is 0 Å². The molecule has 0 amide bonds. The molecule has 0 spiro atoms. The van der Waals surface area contributed by atoms with Crippen LogP contribution in [0.4, 0.5) is 14.5 Å². The highest BCUT2D eigenvalue weighted by atomic mass is 32.2. The number of nitrogens with two attached hydrogens (primary N) is 1. The molecular weight excluding hydrogens is 274 g/mol. The number of halogens is 2. The van der Waals surface area contributed by atoms with Gasteiger partial charge in [-0.1, -0.05) is 6.92 Å². The molecule has 1 aromatic rings. The van der Waals surface area contributed by atoms with Crippen molar-refractivity contribution in [1.29, 1.82) is 0 Å². The lowest BCUT2D eigenvalue weighted by Crippen LogP contribution is -2.30. The molecule has 1 aliphatic rings. The summed E-state index contributed by atoms with van der Waals surface area (Å²) in [6, 6.07) is 1.71. The summed E-state index contributed by atoms with van der Waals surface area (Å²) in [6.45, 7) is 2.32. The van der Waals surface area contributed by atoms with Gasteiger partial charge in [0.1, 0.15) is 4.90 Å². The molecule has 2 N–H and O–H groups in total. The summed E-state index contributed by atoms with van der Waals surface area (Å²) >= 11 is 0. The quantitative estimate of drug-likeness (QED) is 0.860. The second-order valence-electron chi connectivity index (χ2n) is 5.07. The van der Waals surface area contributed by atoms with Crippen LogP contribution in [-0.4, -0.2) is 26.3 Å². The van der Waals surface area contributed by atoms with Gasteiger partial charge in [0.25, 0.3) is 0 Å². The smallest absolute Gasteiger partial charge is 0.245 e. The highest BCUT2D eigenvalue weighted by Crippen LogP contribution is 2.39. The van der Waals surface area contributed by atoms with Crippen molar-refractivity contribution in [2.45, 2.75) is 18.2 Å². The van der Waals surface area contributed by atoms with Crippen LogP contribution in [0.5, 0.6) is 0 Å². The lowest BCUT2D eigenvalue weighted by Gasteiger charge is -2.18. The molecule has 2 unspecified atom stereocenters. The average molecular weight is 290 g/mol. The molecule has 4 nitrogen and oxygen atoms in total. The normalized spacial score (nSPS) is 22.8. The van der Waals surface area contributed by atoms with E-state index in [1.165, 1.54) is 7.05 Å². The van der Waals surface area contributed by atoms with Crippen LogP contribution in [0.3, 0.4) is 0 Å². The first kappa shape index (κ1) is 14.2. The maximum Gasteiger partial charge on any atom is 0.245 e. The fourth-order valence-corrected chi connectivity index (χ4v) is 3.35. The molecule has 1 fully saturated rings. The van der Waals surface area contributed by atoms with Gasteiger partial charge in [0.2, 0.25) is 10.0 Å². The van der Waals surface area contributed by atoms with Crippen LogP contribution >= 0.6 is 0 Å². The number of hydrogen-bond acceptors (Lipinski definition) is 3. The second-order valence-corrected chi connectivity index (χ2v) is 7.09. The lowest BCUT2D eigenvalue weighted by atomic mass is 10.3. The molecule has 7 heteroatoms. The van der Waals surface area contributed by atoms with Crippen LogP contribution < -0.4 is 5.73 Å². The minimum atomic E-state index is -4.05. The predicted octanol–water partition coefficient (Wildman–Crippen LogP) is 1.82.